The molecule has 2 nitrogen and oxygen atoms in total. The molecule has 0 aromatic carbocycles. The molecule has 0 aromatic rings. The van der Waals surface area contributed by atoms with E-state index < -0.39 is 0 Å². The van der Waals surface area contributed by atoms with E-state index in [0.717, 1.165) is 44.2 Å². The largest absolute Gasteiger partial charge is 0.315 e. The first-order valence-electron chi connectivity index (χ1n) is 5.29. The molecule has 0 unspecified atom stereocenters. The zero-order valence-electron chi connectivity index (χ0n) is 9.38. The molecule has 82 valence electrons. The zero-order valence-corrected chi connectivity index (χ0v) is 10.2. The van der Waals surface area contributed by atoms with Crippen molar-refractivity contribution in [2.24, 2.45) is 0 Å². The minimum atomic E-state index is 0.831. The second kappa shape index (κ2) is 10.9. The first kappa shape index (κ1) is 13.8. The molecule has 1 N–H and O–H groups in total. The zero-order chi connectivity index (χ0) is 10.6. The SMILES string of the molecule is C#CCSCCNCCN(CC)CC. The maximum Gasteiger partial charge on any atom is 0.0545 e. The Morgan fingerprint density at radius 1 is 1.29 bits per heavy atom. The summed E-state index contributed by atoms with van der Waals surface area (Å²) in [6, 6.07) is 0. The van der Waals surface area contributed by atoms with Crippen molar-refractivity contribution in [3.05, 3.63) is 0 Å². The summed E-state index contributed by atoms with van der Waals surface area (Å²) in [5.74, 6) is 4.57. The van der Waals surface area contributed by atoms with Gasteiger partial charge in [-0.05, 0) is 13.1 Å². The first-order chi connectivity index (χ1) is 6.85. The lowest BCUT2D eigenvalue weighted by Gasteiger charge is -2.17. The van der Waals surface area contributed by atoms with E-state index in [-0.39, 0.29) is 0 Å². The number of nitrogens with one attached hydrogen (secondary N) is 1. The predicted octanol–water partition coefficient (Wildman–Crippen LogP) is 1.28. The summed E-state index contributed by atoms with van der Waals surface area (Å²) in [6.07, 6.45) is 5.15. The number of hydrogen-bond acceptors (Lipinski definition) is 3. The molecule has 3 heteroatoms. The van der Waals surface area contributed by atoms with E-state index >= 15 is 0 Å². The monoisotopic (exact) mass is 214 g/mol. The van der Waals surface area contributed by atoms with E-state index in [9.17, 15) is 0 Å². The van der Waals surface area contributed by atoms with Gasteiger partial charge in [-0.2, -0.15) is 0 Å². The summed E-state index contributed by atoms with van der Waals surface area (Å²) < 4.78 is 0. The van der Waals surface area contributed by atoms with Crippen LogP contribution in [0, 0.1) is 12.3 Å². The summed E-state index contributed by atoms with van der Waals surface area (Å²) in [4.78, 5) is 2.42. The van der Waals surface area contributed by atoms with Gasteiger partial charge in [-0.3, -0.25) is 0 Å². The number of likely N-dealkylation sites (N-methyl/N-ethyl adjacent to an activating group) is 1. The molecule has 14 heavy (non-hydrogen) atoms. The van der Waals surface area contributed by atoms with Crippen molar-refractivity contribution >= 4 is 11.8 Å². The van der Waals surface area contributed by atoms with Gasteiger partial charge in [-0.25, -0.2) is 0 Å². The third kappa shape index (κ3) is 8.43. The second-order valence-corrected chi connectivity index (χ2v) is 4.14. The first-order valence-corrected chi connectivity index (χ1v) is 6.44. The van der Waals surface area contributed by atoms with Crippen LogP contribution in [-0.2, 0) is 0 Å². The van der Waals surface area contributed by atoms with Crippen molar-refractivity contribution in [1.29, 1.82) is 0 Å². The third-order valence-electron chi connectivity index (χ3n) is 2.11. The standard InChI is InChI=1S/C11H22N2S/c1-4-10-14-11-8-12-7-9-13(5-2)6-3/h1,12H,5-11H2,2-3H3. The fraction of sp³-hybridized carbons (Fsp3) is 0.818. The Hall–Kier alpha value is -0.170. The van der Waals surface area contributed by atoms with E-state index in [1.54, 1.807) is 0 Å². The Morgan fingerprint density at radius 2 is 2.00 bits per heavy atom. The molecule has 0 heterocycles. The van der Waals surface area contributed by atoms with Gasteiger partial charge in [-0.15, -0.1) is 18.2 Å². The molecule has 0 aliphatic heterocycles. The number of terminal acetylenes is 1. The van der Waals surface area contributed by atoms with Crippen LogP contribution in [0.3, 0.4) is 0 Å². The van der Waals surface area contributed by atoms with Gasteiger partial charge < -0.3 is 10.2 Å². The predicted molar refractivity (Wildman–Crippen MR) is 66.8 cm³/mol. The molecule has 0 rings (SSSR count). The minimum absolute atomic E-state index is 0.831. The molecule has 0 atom stereocenters. The van der Waals surface area contributed by atoms with Crippen LogP contribution in [-0.4, -0.2) is 49.1 Å². The Labute approximate surface area is 92.8 Å². The van der Waals surface area contributed by atoms with Crippen LogP contribution in [0.15, 0.2) is 0 Å². The number of thioether (sulfide) groups is 1. The Bertz CT molecular complexity index is 150. The highest BCUT2D eigenvalue weighted by molar-refractivity contribution is 7.99. The number of nitrogens with zero attached hydrogens (tertiary/aromatic N) is 1. The van der Waals surface area contributed by atoms with Gasteiger partial charge in [-0.1, -0.05) is 19.8 Å². The molecular formula is C11H22N2S. The van der Waals surface area contributed by atoms with Gasteiger partial charge in [0.1, 0.15) is 0 Å². The lowest BCUT2D eigenvalue weighted by molar-refractivity contribution is 0.303. The summed E-state index contributed by atoms with van der Waals surface area (Å²) in [6.45, 7) is 9.98. The summed E-state index contributed by atoms with van der Waals surface area (Å²) in [5.41, 5.74) is 0. The summed E-state index contributed by atoms with van der Waals surface area (Å²) >= 11 is 1.81. The van der Waals surface area contributed by atoms with Crippen LogP contribution in [0.25, 0.3) is 0 Å². The highest BCUT2D eigenvalue weighted by Gasteiger charge is 1.96. The maximum atomic E-state index is 5.15. The van der Waals surface area contributed by atoms with Crippen molar-refractivity contribution in [3.63, 3.8) is 0 Å². The lowest BCUT2D eigenvalue weighted by atomic mass is 10.4. The molecule has 0 radical (unpaired) electrons. The molecule has 0 aliphatic rings. The van der Waals surface area contributed by atoms with Crippen molar-refractivity contribution in [2.75, 3.05) is 44.2 Å². The average molecular weight is 214 g/mol. The van der Waals surface area contributed by atoms with Crippen LogP contribution in [0.5, 0.6) is 0 Å². The van der Waals surface area contributed by atoms with Gasteiger partial charge in [0.15, 0.2) is 0 Å². The quantitative estimate of drug-likeness (QED) is 0.460. The van der Waals surface area contributed by atoms with Gasteiger partial charge in [0.25, 0.3) is 0 Å². The van der Waals surface area contributed by atoms with Crippen molar-refractivity contribution < 1.29 is 0 Å². The molecule has 0 aromatic heterocycles. The molecule has 0 saturated carbocycles. The van der Waals surface area contributed by atoms with Crippen LogP contribution >= 0.6 is 11.8 Å². The van der Waals surface area contributed by atoms with Crippen LogP contribution in [0.4, 0.5) is 0 Å². The lowest BCUT2D eigenvalue weighted by Crippen LogP contribution is -2.32. The Balaban J connectivity index is 3.09. The Kier molecular flexibility index (Phi) is 10.8. The fourth-order valence-electron chi connectivity index (χ4n) is 1.18. The molecule has 0 spiro atoms. The average Bonchev–Trinajstić information content (AvgIpc) is 2.22. The smallest absolute Gasteiger partial charge is 0.0545 e. The van der Waals surface area contributed by atoms with Crippen molar-refractivity contribution in [2.45, 2.75) is 13.8 Å². The minimum Gasteiger partial charge on any atom is -0.315 e. The van der Waals surface area contributed by atoms with E-state index in [1.807, 2.05) is 11.8 Å². The normalized spacial score (nSPS) is 10.4. The van der Waals surface area contributed by atoms with Gasteiger partial charge in [0.2, 0.25) is 0 Å². The second-order valence-electron chi connectivity index (χ2n) is 3.03. The van der Waals surface area contributed by atoms with Crippen LogP contribution in [0.2, 0.25) is 0 Å². The fourth-order valence-corrected chi connectivity index (χ4v) is 1.73. The number of hydrogen-bond donors (Lipinski definition) is 1. The number of rotatable bonds is 9. The molecule has 0 amide bonds. The molecular weight excluding hydrogens is 192 g/mol. The van der Waals surface area contributed by atoms with E-state index in [0.29, 0.717) is 0 Å². The van der Waals surface area contributed by atoms with E-state index in [4.69, 9.17) is 6.42 Å². The Morgan fingerprint density at radius 3 is 2.57 bits per heavy atom. The highest BCUT2D eigenvalue weighted by Crippen LogP contribution is 1.94. The van der Waals surface area contributed by atoms with E-state index in [1.165, 1.54) is 0 Å². The maximum absolute atomic E-state index is 5.15. The molecule has 0 saturated heterocycles. The summed E-state index contributed by atoms with van der Waals surface area (Å²) in [5, 5.41) is 3.41. The van der Waals surface area contributed by atoms with Gasteiger partial charge in [0, 0.05) is 25.4 Å². The van der Waals surface area contributed by atoms with Crippen LogP contribution < -0.4 is 5.32 Å². The van der Waals surface area contributed by atoms with Crippen molar-refractivity contribution in [3.8, 4) is 12.3 Å². The molecule has 0 bridgehead atoms. The van der Waals surface area contributed by atoms with Crippen LogP contribution in [0.1, 0.15) is 13.8 Å². The molecule has 0 fully saturated rings. The van der Waals surface area contributed by atoms with Crippen molar-refractivity contribution in [1.82, 2.24) is 10.2 Å². The molecule has 0 aliphatic carbocycles. The van der Waals surface area contributed by atoms with Gasteiger partial charge in [0.05, 0.1) is 5.75 Å². The topological polar surface area (TPSA) is 15.3 Å². The highest BCUT2D eigenvalue weighted by atomic mass is 32.2. The third-order valence-corrected chi connectivity index (χ3v) is 2.97. The van der Waals surface area contributed by atoms with E-state index in [2.05, 4.69) is 30.0 Å². The summed E-state index contributed by atoms with van der Waals surface area (Å²) in [7, 11) is 0. The van der Waals surface area contributed by atoms with Gasteiger partial charge >= 0.3 is 0 Å².